The Labute approximate surface area is 255 Å². The van der Waals surface area contributed by atoms with Crippen LogP contribution in [0.2, 0.25) is 10.0 Å². The van der Waals surface area contributed by atoms with E-state index < -0.39 is 22.5 Å². The van der Waals surface area contributed by atoms with Crippen molar-refractivity contribution < 1.29 is 22.7 Å². The van der Waals surface area contributed by atoms with Crippen LogP contribution in [0.5, 0.6) is 11.5 Å². The van der Waals surface area contributed by atoms with Crippen molar-refractivity contribution in [3.63, 3.8) is 0 Å². The van der Waals surface area contributed by atoms with Gasteiger partial charge in [0.2, 0.25) is 0 Å². The molecule has 1 aromatic heterocycles. The summed E-state index contributed by atoms with van der Waals surface area (Å²) in [5, 5.41) is 5.13. The number of carbonyl (C=O) groups excluding carboxylic acids is 1. The number of hydrogen-bond acceptors (Lipinski definition) is 6. The molecule has 0 fully saturated rings. The lowest BCUT2D eigenvalue weighted by molar-refractivity contribution is -0.119. The molecule has 0 saturated heterocycles. The summed E-state index contributed by atoms with van der Waals surface area (Å²) in [6.45, 7) is 5.10. The summed E-state index contributed by atoms with van der Waals surface area (Å²) in [6, 6.07) is 18.2. The summed E-state index contributed by atoms with van der Waals surface area (Å²) in [5.41, 5.74) is 6.69. The Morgan fingerprint density at radius 2 is 1.69 bits per heavy atom. The Bertz CT molecular complexity index is 1750. The average Bonchev–Trinajstić information content (AvgIpc) is 3.23. The van der Waals surface area contributed by atoms with Crippen LogP contribution in [-0.4, -0.2) is 45.9 Å². The van der Waals surface area contributed by atoms with Gasteiger partial charge in [-0.2, -0.15) is 5.10 Å². The van der Waals surface area contributed by atoms with Gasteiger partial charge in [-0.15, -0.1) is 0 Å². The molecule has 4 rings (SSSR count). The van der Waals surface area contributed by atoms with Crippen LogP contribution in [0.1, 0.15) is 22.5 Å². The second-order valence-corrected chi connectivity index (χ2v) is 12.1. The Morgan fingerprint density at radius 3 is 2.33 bits per heavy atom. The number of ether oxygens (including phenoxy) is 2. The van der Waals surface area contributed by atoms with Crippen molar-refractivity contribution in [2.24, 2.45) is 5.10 Å². The highest BCUT2D eigenvalue weighted by Gasteiger charge is 2.30. The van der Waals surface area contributed by atoms with Crippen LogP contribution < -0.4 is 19.2 Å². The zero-order chi connectivity index (χ0) is 30.6. The number of methoxy groups -OCH3 is 2. The number of nitrogens with zero attached hydrogens (tertiary/aromatic N) is 3. The summed E-state index contributed by atoms with van der Waals surface area (Å²) in [4.78, 5) is 13.1. The molecule has 0 aliphatic rings. The molecule has 0 spiro atoms. The normalized spacial score (nSPS) is 11.5. The summed E-state index contributed by atoms with van der Waals surface area (Å²) in [5.74, 6) is -0.0260. The number of benzene rings is 3. The van der Waals surface area contributed by atoms with Crippen molar-refractivity contribution in [1.29, 1.82) is 0 Å². The molecule has 220 valence electrons. The number of halogens is 2. The van der Waals surface area contributed by atoms with Gasteiger partial charge in [-0.05, 0) is 69.3 Å². The monoisotopic (exact) mass is 628 g/mol. The predicted molar refractivity (Wildman–Crippen MR) is 166 cm³/mol. The van der Waals surface area contributed by atoms with Gasteiger partial charge in [-0.25, -0.2) is 13.8 Å². The van der Waals surface area contributed by atoms with E-state index in [4.69, 9.17) is 32.7 Å². The maximum atomic E-state index is 13.8. The standard InChI is InChI=1S/C30H30Cl2N4O5S/c1-19-6-10-25(11-7-19)42(38,39)35(28-16-24(40-4)9-13-29(28)41-5)18-30(37)34-33-17-22-14-20(2)36(21(22)3)27-12-8-23(31)15-26(27)32/h6-17H,18H2,1-5H3,(H,34,37)/b33-17-. The highest BCUT2D eigenvalue weighted by atomic mass is 35.5. The van der Waals surface area contributed by atoms with E-state index in [1.807, 2.05) is 37.5 Å². The molecule has 0 unspecified atom stereocenters. The van der Waals surface area contributed by atoms with Crippen LogP contribution >= 0.6 is 23.2 Å². The van der Waals surface area contributed by atoms with Crippen LogP contribution in [0.15, 0.2) is 76.7 Å². The van der Waals surface area contributed by atoms with E-state index in [2.05, 4.69) is 10.5 Å². The van der Waals surface area contributed by atoms with Gasteiger partial charge < -0.3 is 14.0 Å². The fourth-order valence-electron chi connectivity index (χ4n) is 4.42. The molecule has 3 aromatic carbocycles. The van der Waals surface area contributed by atoms with Gasteiger partial charge in [-0.3, -0.25) is 9.10 Å². The van der Waals surface area contributed by atoms with Crippen molar-refractivity contribution in [1.82, 2.24) is 9.99 Å². The number of rotatable bonds is 10. The number of hydrazone groups is 1. The number of anilines is 1. The van der Waals surface area contributed by atoms with Gasteiger partial charge in [0.05, 0.1) is 41.7 Å². The van der Waals surface area contributed by atoms with Crippen molar-refractivity contribution in [3.05, 3.63) is 99.3 Å². The maximum Gasteiger partial charge on any atom is 0.264 e. The lowest BCUT2D eigenvalue weighted by Gasteiger charge is -2.25. The first-order valence-corrected chi connectivity index (χ1v) is 14.9. The Morgan fingerprint density at radius 1 is 0.976 bits per heavy atom. The highest BCUT2D eigenvalue weighted by Crippen LogP contribution is 2.35. The van der Waals surface area contributed by atoms with E-state index in [0.717, 1.165) is 32.5 Å². The maximum absolute atomic E-state index is 13.8. The van der Waals surface area contributed by atoms with Crippen LogP contribution in [0.25, 0.3) is 5.69 Å². The zero-order valence-electron chi connectivity index (χ0n) is 23.7. The fourth-order valence-corrected chi connectivity index (χ4v) is 6.34. The number of aryl methyl sites for hydroxylation is 2. The van der Waals surface area contributed by atoms with Crippen molar-refractivity contribution >= 4 is 51.0 Å². The number of aromatic nitrogens is 1. The van der Waals surface area contributed by atoms with E-state index in [9.17, 15) is 13.2 Å². The molecule has 0 aliphatic carbocycles. The minimum absolute atomic E-state index is 0.0163. The number of carbonyl (C=O) groups is 1. The first kappa shape index (κ1) is 31.0. The van der Waals surface area contributed by atoms with Gasteiger partial charge in [-0.1, -0.05) is 40.9 Å². The van der Waals surface area contributed by atoms with E-state index >= 15 is 0 Å². The first-order valence-electron chi connectivity index (χ1n) is 12.7. The van der Waals surface area contributed by atoms with Gasteiger partial charge in [0, 0.05) is 28.0 Å². The summed E-state index contributed by atoms with van der Waals surface area (Å²) < 4.78 is 41.3. The number of hydrogen-bond donors (Lipinski definition) is 1. The lowest BCUT2D eigenvalue weighted by atomic mass is 10.2. The second-order valence-electron chi connectivity index (χ2n) is 9.41. The first-order chi connectivity index (χ1) is 20.0. The molecular formula is C30H30Cl2N4O5S. The average molecular weight is 630 g/mol. The second kappa shape index (κ2) is 12.9. The molecule has 1 heterocycles. The van der Waals surface area contributed by atoms with Gasteiger partial charge >= 0.3 is 0 Å². The van der Waals surface area contributed by atoms with Crippen LogP contribution in [0.4, 0.5) is 5.69 Å². The van der Waals surface area contributed by atoms with Crippen LogP contribution in [0.3, 0.4) is 0 Å². The molecule has 0 radical (unpaired) electrons. The van der Waals surface area contributed by atoms with Gasteiger partial charge in [0.15, 0.2) is 0 Å². The quantitative estimate of drug-likeness (QED) is 0.170. The summed E-state index contributed by atoms with van der Waals surface area (Å²) >= 11 is 12.5. The lowest BCUT2D eigenvalue weighted by Crippen LogP contribution is -2.39. The smallest absolute Gasteiger partial charge is 0.264 e. The van der Waals surface area contributed by atoms with E-state index in [0.29, 0.717) is 15.8 Å². The molecule has 0 saturated carbocycles. The SMILES string of the molecule is COc1ccc(OC)c(N(CC(=O)N/N=C\c2cc(C)n(-c3ccc(Cl)cc3Cl)c2C)S(=O)(=O)c2ccc(C)cc2)c1. The molecule has 0 aliphatic heterocycles. The molecule has 1 amide bonds. The zero-order valence-corrected chi connectivity index (χ0v) is 26.0. The minimum atomic E-state index is -4.19. The van der Waals surface area contributed by atoms with E-state index in [1.54, 1.807) is 36.4 Å². The molecule has 0 atom stereocenters. The van der Waals surface area contributed by atoms with Crippen LogP contribution in [0, 0.1) is 20.8 Å². The molecule has 1 N–H and O–H groups in total. The van der Waals surface area contributed by atoms with Crippen LogP contribution in [-0.2, 0) is 14.8 Å². The van der Waals surface area contributed by atoms with Gasteiger partial charge in [0.25, 0.3) is 15.9 Å². The third kappa shape index (κ3) is 6.56. The number of sulfonamides is 1. The Kier molecular flexibility index (Phi) is 9.50. The van der Waals surface area contributed by atoms with E-state index in [1.165, 1.54) is 38.6 Å². The largest absolute Gasteiger partial charge is 0.497 e. The summed E-state index contributed by atoms with van der Waals surface area (Å²) in [6.07, 6.45) is 1.49. The fraction of sp³-hybridized carbons (Fsp3) is 0.200. The predicted octanol–water partition coefficient (Wildman–Crippen LogP) is 6.07. The molecule has 9 nitrogen and oxygen atoms in total. The molecular weight excluding hydrogens is 599 g/mol. The number of nitrogens with one attached hydrogen (secondary N) is 1. The molecule has 42 heavy (non-hydrogen) atoms. The van der Waals surface area contributed by atoms with Crippen molar-refractivity contribution in [2.75, 3.05) is 25.1 Å². The third-order valence-corrected chi connectivity index (χ3v) is 8.88. The van der Waals surface area contributed by atoms with Crippen molar-refractivity contribution in [2.45, 2.75) is 25.7 Å². The summed E-state index contributed by atoms with van der Waals surface area (Å²) in [7, 11) is -1.31. The van der Waals surface area contributed by atoms with Crippen molar-refractivity contribution in [3.8, 4) is 17.2 Å². The minimum Gasteiger partial charge on any atom is -0.497 e. The topological polar surface area (TPSA) is 102 Å². The van der Waals surface area contributed by atoms with Gasteiger partial charge in [0.1, 0.15) is 18.0 Å². The third-order valence-electron chi connectivity index (χ3n) is 6.56. The molecule has 0 bridgehead atoms. The molecule has 12 heteroatoms. The Hall–Kier alpha value is -3.99. The number of amides is 1. The highest BCUT2D eigenvalue weighted by molar-refractivity contribution is 7.92. The Balaban J connectivity index is 1.62. The van der Waals surface area contributed by atoms with E-state index in [-0.39, 0.29) is 16.3 Å². The molecule has 4 aromatic rings.